The summed E-state index contributed by atoms with van der Waals surface area (Å²) in [6.45, 7) is 9.71. The van der Waals surface area contributed by atoms with Gasteiger partial charge in [0.15, 0.2) is 0 Å². The first kappa shape index (κ1) is 40.7. The molecule has 6 rings (SSSR count). The minimum atomic E-state index is -0.917. The third-order valence-corrected chi connectivity index (χ3v) is 7.91. The second kappa shape index (κ2) is 23.0. The second-order valence-electron chi connectivity index (χ2n) is 10.9. The minimum absolute atomic E-state index is 0.221. The number of H-pyrrole nitrogens is 1. The Bertz CT molecular complexity index is 1740. The maximum absolute atomic E-state index is 11.5. The van der Waals surface area contributed by atoms with Crippen LogP contribution in [0.1, 0.15) is 78.0 Å². The topological polar surface area (TPSA) is 134 Å². The van der Waals surface area contributed by atoms with Crippen LogP contribution in [0.15, 0.2) is 88.6 Å². The SMILES string of the molecule is CC.CC=CCOCCCCc1ccc2ccc3cccc4ccc1c2c34.CCC[C@@H]1CCC(n2ccc(=O)[nH]c2=O)O1.CO.OPO. The number of aromatic nitrogens is 2. The van der Waals surface area contributed by atoms with Gasteiger partial charge in [0, 0.05) is 26.0 Å². The second-order valence-corrected chi connectivity index (χ2v) is 11.1. The van der Waals surface area contributed by atoms with E-state index in [9.17, 15) is 9.59 Å². The molecule has 0 aliphatic carbocycles. The van der Waals surface area contributed by atoms with Gasteiger partial charge in [-0.1, -0.05) is 93.9 Å². The first-order valence-electron chi connectivity index (χ1n) is 16.8. The van der Waals surface area contributed by atoms with Crippen molar-refractivity contribution in [1.29, 1.82) is 0 Å². The van der Waals surface area contributed by atoms with Crippen LogP contribution in [0.4, 0.5) is 0 Å². The minimum Gasteiger partial charge on any atom is -0.400 e. The number of hydrogen-bond donors (Lipinski definition) is 4. The molecule has 9 nitrogen and oxygen atoms in total. The number of aromatic amines is 1. The predicted octanol–water partition coefficient (Wildman–Crippen LogP) is 7.63. The van der Waals surface area contributed by atoms with Gasteiger partial charge in [-0.15, -0.1) is 0 Å². The van der Waals surface area contributed by atoms with Gasteiger partial charge in [-0.05, 0) is 83.3 Å². The standard InChI is InChI=1S/C24H24O.C11H16N2O3.C2H6.CH4O.H3O2P/c1-2-3-16-25-17-5-4-7-18-10-11-21-13-12-19-8-6-9-20-14-15-22(18)24(21)23(19)20;1-2-3-8-4-5-10(16-8)13-7-6-9(14)12-11(13)15;2*1-2;1-3-2/h2-3,6,8-15H,4-5,7,16-17H2,1H3;6-8,10H,2-5H2,1H3,(H,12,14,15);1-2H3;2H,1H3;1-3H/t;8-,10?;;;/m.1.../s1. The fourth-order valence-corrected chi connectivity index (χ4v) is 5.86. The molecule has 1 aromatic heterocycles. The van der Waals surface area contributed by atoms with Crippen LogP contribution in [-0.2, 0) is 15.9 Å². The number of unbranched alkanes of at least 4 members (excludes halogenated alkanes) is 1. The fourth-order valence-electron chi connectivity index (χ4n) is 5.86. The van der Waals surface area contributed by atoms with E-state index in [1.165, 1.54) is 61.1 Å². The molecule has 48 heavy (non-hydrogen) atoms. The summed E-state index contributed by atoms with van der Waals surface area (Å²) in [5, 5.41) is 15.3. The van der Waals surface area contributed by atoms with Crippen LogP contribution in [-0.4, -0.2) is 50.9 Å². The molecular weight excluding hydrogens is 627 g/mol. The summed E-state index contributed by atoms with van der Waals surface area (Å²) < 4.78 is 12.8. The Labute approximate surface area is 285 Å². The van der Waals surface area contributed by atoms with Crippen molar-refractivity contribution in [3.8, 4) is 0 Å². The van der Waals surface area contributed by atoms with E-state index in [2.05, 4.69) is 72.6 Å². The zero-order chi connectivity index (χ0) is 35.3. The molecule has 1 aliphatic heterocycles. The van der Waals surface area contributed by atoms with E-state index in [0.29, 0.717) is 0 Å². The van der Waals surface area contributed by atoms with Crippen LogP contribution in [0.2, 0.25) is 0 Å². The van der Waals surface area contributed by atoms with Gasteiger partial charge in [0.2, 0.25) is 0 Å². The third-order valence-electron chi connectivity index (χ3n) is 7.91. The van der Waals surface area contributed by atoms with Gasteiger partial charge in [-0.3, -0.25) is 14.3 Å². The summed E-state index contributed by atoms with van der Waals surface area (Å²) in [7, 11) is 0.0833. The summed E-state index contributed by atoms with van der Waals surface area (Å²) >= 11 is 0. The highest BCUT2D eigenvalue weighted by molar-refractivity contribution is 7.23. The molecule has 1 aliphatic rings. The number of hydrogen-bond acceptors (Lipinski definition) is 7. The largest absolute Gasteiger partial charge is 0.400 e. The molecule has 1 unspecified atom stereocenters. The zero-order valence-electron chi connectivity index (χ0n) is 28.9. The van der Waals surface area contributed by atoms with Gasteiger partial charge in [0.1, 0.15) is 15.3 Å². The normalized spacial score (nSPS) is 15.2. The highest BCUT2D eigenvalue weighted by atomic mass is 31.1. The summed E-state index contributed by atoms with van der Waals surface area (Å²) in [6.07, 6.45) is 12.9. The lowest BCUT2D eigenvalue weighted by Crippen LogP contribution is -2.31. The molecule has 4 N–H and O–H groups in total. The maximum Gasteiger partial charge on any atom is 0.330 e. The average molecular weight is 681 g/mol. The van der Waals surface area contributed by atoms with Crippen LogP contribution in [0, 0.1) is 0 Å². The monoisotopic (exact) mass is 680 g/mol. The highest BCUT2D eigenvalue weighted by Gasteiger charge is 2.26. The van der Waals surface area contributed by atoms with Crippen molar-refractivity contribution in [2.75, 3.05) is 20.3 Å². The number of nitrogens with zero attached hydrogens (tertiary/aromatic N) is 1. The van der Waals surface area contributed by atoms with E-state index in [1.807, 2.05) is 26.8 Å². The Balaban J connectivity index is 0.000000300. The number of aryl methyl sites for hydroxylation is 1. The summed E-state index contributed by atoms with van der Waals surface area (Å²) in [5.74, 6) is 0. The molecule has 0 bridgehead atoms. The quantitative estimate of drug-likeness (QED) is 0.0516. The summed E-state index contributed by atoms with van der Waals surface area (Å²) in [5.41, 5.74) is 0.693. The molecule has 0 saturated carbocycles. The van der Waals surface area contributed by atoms with Gasteiger partial charge < -0.3 is 24.4 Å². The van der Waals surface area contributed by atoms with E-state index in [1.54, 1.807) is 0 Å². The molecular formula is C38H53N2O7P. The first-order chi connectivity index (χ1) is 23.5. The van der Waals surface area contributed by atoms with Crippen LogP contribution in [0.5, 0.6) is 0 Å². The van der Waals surface area contributed by atoms with Crippen LogP contribution in [0.25, 0.3) is 32.3 Å². The average Bonchev–Trinajstić information content (AvgIpc) is 3.58. The molecule has 0 amide bonds. The number of aliphatic hydroxyl groups excluding tert-OH is 1. The molecule has 1 saturated heterocycles. The maximum atomic E-state index is 11.5. The smallest absolute Gasteiger partial charge is 0.330 e. The van der Waals surface area contributed by atoms with Crippen LogP contribution >= 0.6 is 9.03 Å². The summed E-state index contributed by atoms with van der Waals surface area (Å²) in [6, 6.07) is 21.6. The van der Waals surface area contributed by atoms with E-state index in [0.717, 1.165) is 58.8 Å². The molecule has 262 valence electrons. The number of rotatable bonds is 10. The number of nitrogens with one attached hydrogen (secondary N) is 1. The van der Waals surface area contributed by atoms with Crippen molar-refractivity contribution < 1.29 is 24.4 Å². The fraction of sp³-hybridized carbons (Fsp3) is 0.421. The molecule has 0 spiro atoms. The molecule has 4 aromatic carbocycles. The number of benzene rings is 4. The van der Waals surface area contributed by atoms with E-state index < -0.39 is 14.7 Å². The van der Waals surface area contributed by atoms with Gasteiger partial charge in [0.25, 0.3) is 5.56 Å². The molecule has 2 heterocycles. The molecule has 1 fully saturated rings. The Morgan fingerprint density at radius 2 is 1.58 bits per heavy atom. The number of allylic oxidation sites excluding steroid dienone is 1. The Hall–Kier alpha value is -3.43. The third kappa shape index (κ3) is 11.6. The van der Waals surface area contributed by atoms with Gasteiger partial charge in [0.05, 0.1) is 12.7 Å². The van der Waals surface area contributed by atoms with Crippen LogP contribution in [0.3, 0.4) is 0 Å². The van der Waals surface area contributed by atoms with Crippen molar-refractivity contribution in [2.24, 2.45) is 0 Å². The van der Waals surface area contributed by atoms with E-state index in [4.69, 9.17) is 24.4 Å². The summed E-state index contributed by atoms with van der Waals surface area (Å²) in [4.78, 5) is 39.0. The lowest BCUT2D eigenvalue weighted by molar-refractivity contribution is -0.00435. The van der Waals surface area contributed by atoms with Crippen molar-refractivity contribution in [1.82, 2.24) is 9.55 Å². The highest BCUT2D eigenvalue weighted by Crippen LogP contribution is 2.36. The zero-order valence-corrected chi connectivity index (χ0v) is 29.9. The Morgan fingerprint density at radius 1 is 0.938 bits per heavy atom. The lowest BCUT2D eigenvalue weighted by Gasteiger charge is -2.14. The lowest BCUT2D eigenvalue weighted by atomic mass is 9.91. The molecule has 5 aromatic rings. The number of aliphatic hydroxyl groups is 1. The molecule has 2 atom stereocenters. The van der Waals surface area contributed by atoms with Gasteiger partial charge >= 0.3 is 5.69 Å². The predicted molar refractivity (Wildman–Crippen MR) is 200 cm³/mol. The Morgan fingerprint density at radius 3 is 2.23 bits per heavy atom. The van der Waals surface area contributed by atoms with Crippen molar-refractivity contribution in [3.05, 3.63) is 105 Å². The van der Waals surface area contributed by atoms with Crippen LogP contribution < -0.4 is 11.2 Å². The number of ether oxygens (including phenoxy) is 2. The molecule has 0 radical (unpaired) electrons. The van der Waals surface area contributed by atoms with E-state index >= 15 is 0 Å². The first-order valence-corrected chi connectivity index (χ1v) is 17.7. The molecule has 10 heteroatoms. The van der Waals surface area contributed by atoms with Gasteiger partial charge in [-0.2, -0.15) is 0 Å². The Kier molecular flexibility index (Phi) is 19.5. The van der Waals surface area contributed by atoms with Crippen molar-refractivity contribution in [3.63, 3.8) is 0 Å². The van der Waals surface area contributed by atoms with Gasteiger partial charge in [-0.25, -0.2) is 4.79 Å². The van der Waals surface area contributed by atoms with Crippen molar-refractivity contribution in [2.45, 2.75) is 85.0 Å². The van der Waals surface area contributed by atoms with Crippen molar-refractivity contribution >= 4 is 41.4 Å². The van der Waals surface area contributed by atoms with E-state index in [-0.39, 0.29) is 17.9 Å².